The second kappa shape index (κ2) is 7.26. The fourth-order valence-corrected chi connectivity index (χ4v) is 2.18. The van der Waals surface area contributed by atoms with Crippen molar-refractivity contribution in [2.45, 2.75) is 26.0 Å². The highest BCUT2D eigenvalue weighted by Crippen LogP contribution is 2.12. The molecule has 5 heteroatoms. The van der Waals surface area contributed by atoms with Crippen molar-refractivity contribution in [1.82, 2.24) is 4.90 Å². The van der Waals surface area contributed by atoms with Crippen LogP contribution < -0.4 is 10.5 Å². The number of carbonyl (C=O) groups excluding carboxylic acids is 1. The van der Waals surface area contributed by atoms with Gasteiger partial charge in [-0.25, -0.2) is 0 Å². The van der Waals surface area contributed by atoms with Crippen molar-refractivity contribution in [1.29, 1.82) is 0 Å². The summed E-state index contributed by atoms with van der Waals surface area (Å²) in [4.78, 5) is 13.9. The maximum atomic E-state index is 12.1. The molecule has 1 aliphatic rings. The first kappa shape index (κ1) is 14.8. The van der Waals surface area contributed by atoms with E-state index in [0.29, 0.717) is 25.4 Å². The van der Waals surface area contributed by atoms with Crippen LogP contribution in [-0.4, -0.2) is 43.2 Å². The average Bonchev–Trinajstić information content (AvgIpc) is 2.70. The molecule has 1 amide bonds. The summed E-state index contributed by atoms with van der Waals surface area (Å²) in [6.07, 6.45) is 0.964. The molecular formula is C15H22N2O3. The Bertz CT molecular complexity index is 433. The Morgan fingerprint density at radius 1 is 1.45 bits per heavy atom. The SMILES string of the molecule is CC1CN(C(=O)COc2ccc(CN)cc2)CCCO1. The Labute approximate surface area is 119 Å². The topological polar surface area (TPSA) is 64.8 Å². The first-order chi connectivity index (χ1) is 9.69. The lowest BCUT2D eigenvalue weighted by atomic mass is 10.2. The van der Waals surface area contributed by atoms with Crippen molar-refractivity contribution >= 4 is 5.91 Å². The van der Waals surface area contributed by atoms with Gasteiger partial charge in [0.15, 0.2) is 6.61 Å². The van der Waals surface area contributed by atoms with Crippen LogP contribution in [0.25, 0.3) is 0 Å². The van der Waals surface area contributed by atoms with E-state index >= 15 is 0 Å². The molecule has 5 nitrogen and oxygen atoms in total. The summed E-state index contributed by atoms with van der Waals surface area (Å²) in [5, 5.41) is 0. The molecule has 0 bridgehead atoms. The van der Waals surface area contributed by atoms with Crippen LogP contribution in [0.5, 0.6) is 5.75 Å². The summed E-state index contributed by atoms with van der Waals surface area (Å²) in [6.45, 7) is 4.64. The highest BCUT2D eigenvalue weighted by Gasteiger charge is 2.20. The number of benzene rings is 1. The molecule has 1 aliphatic heterocycles. The molecule has 0 aromatic heterocycles. The average molecular weight is 278 g/mol. The predicted octanol–water partition coefficient (Wildman–Crippen LogP) is 1.16. The minimum Gasteiger partial charge on any atom is -0.484 e. The van der Waals surface area contributed by atoms with Gasteiger partial charge in [0.1, 0.15) is 5.75 Å². The standard InChI is InChI=1S/C15H22N2O3/c1-12-10-17(7-2-8-19-12)15(18)11-20-14-5-3-13(9-16)4-6-14/h3-6,12H,2,7-11,16H2,1H3. The quantitative estimate of drug-likeness (QED) is 0.897. The van der Waals surface area contributed by atoms with Crippen LogP contribution in [0.4, 0.5) is 0 Å². The third-order valence-electron chi connectivity index (χ3n) is 3.33. The second-order valence-corrected chi connectivity index (χ2v) is 5.01. The monoisotopic (exact) mass is 278 g/mol. The molecule has 2 rings (SSSR count). The molecule has 0 saturated carbocycles. The first-order valence-electron chi connectivity index (χ1n) is 7.00. The third-order valence-corrected chi connectivity index (χ3v) is 3.33. The Morgan fingerprint density at radius 3 is 2.90 bits per heavy atom. The zero-order valence-corrected chi connectivity index (χ0v) is 11.9. The van der Waals surface area contributed by atoms with Gasteiger partial charge < -0.3 is 20.1 Å². The van der Waals surface area contributed by atoms with Gasteiger partial charge in [-0.1, -0.05) is 12.1 Å². The molecule has 20 heavy (non-hydrogen) atoms. The largest absolute Gasteiger partial charge is 0.484 e. The van der Waals surface area contributed by atoms with E-state index < -0.39 is 0 Å². The van der Waals surface area contributed by atoms with Gasteiger partial charge in [-0.3, -0.25) is 4.79 Å². The van der Waals surface area contributed by atoms with Gasteiger partial charge in [0.25, 0.3) is 5.91 Å². The highest BCUT2D eigenvalue weighted by molar-refractivity contribution is 5.77. The molecule has 1 aromatic rings. The Hall–Kier alpha value is -1.59. The molecule has 1 unspecified atom stereocenters. The number of nitrogens with zero attached hydrogens (tertiary/aromatic N) is 1. The van der Waals surface area contributed by atoms with Crippen LogP contribution >= 0.6 is 0 Å². The molecule has 0 radical (unpaired) electrons. The Balaban J connectivity index is 1.84. The van der Waals surface area contributed by atoms with Crippen LogP contribution in [0.2, 0.25) is 0 Å². The van der Waals surface area contributed by atoms with Gasteiger partial charge in [-0.15, -0.1) is 0 Å². The zero-order chi connectivity index (χ0) is 14.4. The molecule has 1 aromatic carbocycles. The number of nitrogens with two attached hydrogens (primary N) is 1. The summed E-state index contributed by atoms with van der Waals surface area (Å²) >= 11 is 0. The maximum Gasteiger partial charge on any atom is 0.260 e. The number of rotatable bonds is 4. The minimum absolute atomic E-state index is 0.00486. The number of hydrogen-bond donors (Lipinski definition) is 1. The molecule has 1 atom stereocenters. The smallest absolute Gasteiger partial charge is 0.260 e. The summed E-state index contributed by atoms with van der Waals surface area (Å²) in [5.74, 6) is 0.694. The Morgan fingerprint density at radius 2 is 2.20 bits per heavy atom. The van der Waals surface area contributed by atoms with Gasteiger partial charge >= 0.3 is 0 Å². The highest BCUT2D eigenvalue weighted by atomic mass is 16.5. The number of ether oxygens (including phenoxy) is 2. The van der Waals surface area contributed by atoms with Crippen molar-refractivity contribution in [3.8, 4) is 5.75 Å². The van der Waals surface area contributed by atoms with Gasteiger partial charge in [0.2, 0.25) is 0 Å². The van der Waals surface area contributed by atoms with E-state index in [1.807, 2.05) is 36.1 Å². The number of amides is 1. The molecule has 1 fully saturated rings. The molecule has 0 spiro atoms. The van der Waals surface area contributed by atoms with E-state index in [1.165, 1.54) is 0 Å². The lowest BCUT2D eigenvalue weighted by Gasteiger charge is -2.22. The Kier molecular flexibility index (Phi) is 5.38. The van der Waals surface area contributed by atoms with Crippen LogP contribution in [0.3, 0.4) is 0 Å². The molecular weight excluding hydrogens is 256 g/mol. The fourth-order valence-electron chi connectivity index (χ4n) is 2.18. The number of hydrogen-bond acceptors (Lipinski definition) is 4. The number of carbonyl (C=O) groups is 1. The summed E-state index contributed by atoms with van der Waals surface area (Å²) in [7, 11) is 0. The van der Waals surface area contributed by atoms with E-state index in [0.717, 1.165) is 18.5 Å². The normalized spacial score (nSPS) is 19.5. The van der Waals surface area contributed by atoms with E-state index in [1.54, 1.807) is 0 Å². The maximum absolute atomic E-state index is 12.1. The predicted molar refractivity (Wildman–Crippen MR) is 76.4 cm³/mol. The van der Waals surface area contributed by atoms with Crippen LogP contribution in [0, 0.1) is 0 Å². The van der Waals surface area contributed by atoms with Gasteiger partial charge in [0, 0.05) is 26.2 Å². The van der Waals surface area contributed by atoms with Crippen LogP contribution in [-0.2, 0) is 16.1 Å². The van der Waals surface area contributed by atoms with E-state index in [9.17, 15) is 4.79 Å². The third kappa shape index (κ3) is 4.21. The van der Waals surface area contributed by atoms with E-state index in [2.05, 4.69) is 0 Å². The van der Waals surface area contributed by atoms with Crippen molar-refractivity contribution in [3.05, 3.63) is 29.8 Å². The second-order valence-electron chi connectivity index (χ2n) is 5.01. The van der Waals surface area contributed by atoms with Crippen LogP contribution in [0.15, 0.2) is 24.3 Å². The molecule has 110 valence electrons. The summed E-state index contributed by atoms with van der Waals surface area (Å²) < 4.78 is 11.0. The lowest BCUT2D eigenvalue weighted by Crippen LogP contribution is -2.38. The summed E-state index contributed by atoms with van der Waals surface area (Å²) in [5.41, 5.74) is 6.58. The molecule has 1 saturated heterocycles. The fraction of sp³-hybridized carbons (Fsp3) is 0.533. The van der Waals surface area contributed by atoms with Gasteiger partial charge in [-0.05, 0) is 31.0 Å². The first-order valence-corrected chi connectivity index (χ1v) is 7.00. The van der Waals surface area contributed by atoms with Gasteiger partial charge in [-0.2, -0.15) is 0 Å². The lowest BCUT2D eigenvalue weighted by molar-refractivity contribution is -0.134. The van der Waals surface area contributed by atoms with Crippen molar-refractivity contribution in [3.63, 3.8) is 0 Å². The minimum atomic E-state index is 0.00486. The van der Waals surface area contributed by atoms with Crippen LogP contribution in [0.1, 0.15) is 18.9 Å². The van der Waals surface area contributed by atoms with Gasteiger partial charge in [0.05, 0.1) is 6.10 Å². The molecule has 1 heterocycles. The summed E-state index contributed by atoms with van der Waals surface area (Å²) in [6, 6.07) is 7.48. The molecule has 0 aliphatic carbocycles. The molecule has 2 N–H and O–H groups in total. The van der Waals surface area contributed by atoms with E-state index in [4.69, 9.17) is 15.2 Å². The van der Waals surface area contributed by atoms with E-state index in [-0.39, 0.29) is 18.6 Å². The zero-order valence-electron chi connectivity index (χ0n) is 11.9. The van der Waals surface area contributed by atoms with Crippen molar-refractivity contribution in [2.24, 2.45) is 5.73 Å². The van der Waals surface area contributed by atoms with Crippen molar-refractivity contribution in [2.75, 3.05) is 26.3 Å². The van der Waals surface area contributed by atoms with Crippen molar-refractivity contribution < 1.29 is 14.3 Å².